The lowest BCUT2D eigenvalue weighted by Gasteiger charge is -2.17. The van der Waals surface area contributed by atoms with E-state index in [-0.39, 0.29) is 0 Å². The highest BCUT2D eigenvalue weighted by Gasteiger charge is 2.15. The molecule has 1 heterocycles. The van der Waals surface area contributed by atoms with Gasteiger partial charge in [-0.05, 0) is 25.1 Å². The molecule has 2 aromatic rings. The molecule has 0 aliphatic heterocycles. The van der Waals surface area contributed by atoms with E-state index in [0.717, 1.165) is 18.0 Å². The summed E-state index contributed by atoms with van der Waals surface area (Å²) in [5.41, 5.74) is 3.08. The zero-order chi connectivity index (χ0) is 12.1. The number of aromatic nitrogens is 1. The van der Waals surface area contributed by atoms with E-state index in [1.165, 1.54) is 10.4 Å². The second-order valence-corrected chi connectivity index (χ2v) is 5.33. The van der Waals surface area contributed by atoms with Crippen molar-refractivity contribution in [1.82, 2.24) is 10.3 Å². The second-order valence-electron chi connectivity index (χ2n) is 3.95. The van der Waals surface area contributed by atoms with Crippen LogP contribution in [0.1, 0.15) is 16.4 Å². The molecular weight excluding hydrogens is 252 g/mol. The molecule has 0 radical (unpaired) electrons. The highest BCUT2D eigenvalue weighted by atomic mass is 35.5. The first kappa shape index (κ1) is 12.6. The third-order valence-electron chi connectivity index (χ3n) is 2.73. The van der Waals surface area contributed by atoms with Gasteiger partial charge in [-0.3, -0.25) is 4.98 Å². The van der Waals surface area contributed by atoms with Crippen molar-refractivity contribution in [3.63, 3.8) is 0 Å². The predicted molar refractivity (Wildman–Crippen MR) is 73.9 cm³/mol. The van der Waals surface area contributed by atoms with E-state index in [1.807, 2.05) is 37.0 Å². The van der Waals surface area contributed by atoms with Gasteiger partial charge in [0.2, 0.25) is 0 Å². The largest absolute Gasteiger partial charge is 0.319 e. The molecule has 17 heavy (non-hydrogen) atoms. The first-order valence-electron chi connectivity index (χ1n) is 5.57. The maximum atomic E-state index is 6.25. The van der Waals surface area contributed by atoms with Crippen molar-refractivity contribution in [3.8, 4) is 0 Å². The fourth-order valence-corrected chi connectivity index (χ4v) is 2.90. The fourth-order valence-electron chi connectivity index (χ4n) is 1.93. The minimum atomic E-state index is 0.397. The van der Waals surface area contributed by atoms with E-state index >= 15 is 0 Å². The second kappa shape index (κ2) is 6.15. The minimum Gasteiger partial charge on any atom is -0.319 e. The number of thiazole rings is 1. The molecule has 0 amide bonds. The van der Waals surface area contributed by atoms with E-state index in [4.69, 9.17) is 11.6 Å². The molecule has 0 fully saturated rings. The average Bonchev–Trinajstić information content (AvgIpc) is 2.82. The highest BCUT2D eigenvalue weighted by molar-refractivity contribution is 7.09. The van der Waals surface area contributed by atoms with Gasteiger partial charge in [-0.15, -0.1) is 11.3 Å². The van der Waals surface area contributed by atoms with Gasteiger partial charge in [0, 0.05) is 28.6 Å². The van der Waals surface area contributed by atoms with Gasteiger partial charge >= 0.3 is 0 Å². The Hall–Kier alpha value is -0.900. The third-order valence-corrected chi connectivity index (χ3v) is 3.87. The van der Waals surface area contributed by atoms with E-state index in [1.54, 1.807) is 11.3 Å². The number of likely N-dealkylation sites (N-methyl/N-ethyl adjacent to an activating group) is 1. The van der Waals surface area contributed by atoms with Crippen LogP contribution in [-0.2, 0) is 6.42 Å². The SMILES string of the molecule is CNCC(Cc1cncs1)c1ccccc1Cl. The number of halogens is 1. The van der Waals surface area contributed by atoms with Crippen molar-refractivity contribution in [2.24, 2.45) is 0 Å². The zero-order valence-corrected chi connectivity index (χ0v) is 11.3. The maximum absolute atomic E-state index is 6.25. The standard InChI is InChI=1S/C13H15ClN2S/c1-15-7-10(6-11-8-16-9-17-11)12-4-2-3-5-13(12)14/h2-5,8-10,15H,6-7H2,1H3. The van der Waals surface area contributed by atoms with Crippen molar-refractivity contribution in [1.29, 1.82) is 0 Å². The van der Waals surface area contributed by atoms with Gasteiger partial charge in [0.05, 0.1) is 5.51 Å². The van der Waals surface area contributed by atoms with Gasteiger partial charge in [0.1, 0.15) is 0 Å². The van der Waals surface area contributed by atoms with Gasteiger partial charge in [0.25, 0.3) is 0 Å². The van der Waals surface area contributed by atoms with Crippen LogP contribution in [0.5, 0.6) is 0 Å². The molecule has 0 aliphatic carbocycles. The maximum Gasteiger partial charge on any atom is 0.0794 e. The Morgan fingerprint density at radius 1 is 1.41 bits per heavy atom. The fraction of sp³-hybridized carbons (Fsp3) is 0.308. The van der Waals surface area contributed by atoms with Crippen LogP contribution in [0.3, 0.4) is 0 Å². The number of hydrogen-bond acceptors (Lipinski definition) is 3. The van der Waals surface area contributed by atoms with E-state index < -0.39 is 0 Å². The average molecular weight is 267 g/mol. The third kappa shape index (κ3) is 3.28. The number of nitrogens with zero attached hydrogens (tertiary/aromatic N) is 1. The van der Waals surface area contributed by atoms with Crippen LogP contribution in [0.25, 0.3) is 0 Å². The van der Waals surface area contributed by atoms with Crippen molar-refractivity contribution < 1.29 is 0 Å². The summed E-state index contributed by atoms with van der Waals surface area (Å²) in [6.45, 7) is 0.918. The van der Waals surface area contributed by atoms with Gasteiger partial charge in [-0.25, -0.2) is 0 Å². The Balaban J connectivity index is 2.20. The van der Waals surface area contributed by atoms with Crippen LogP contribution in [0, 0.1) is 0 Å². The number of rotatable bonds is 5. The van der Waals surface area contributed by atoms with Crippen LogP contribution in [0.4, 0.5) is 0 Å². The molecular formula is C13H15ClN2S. The molecule has 1 aromatic carbocycles. The van der Waals surface area contributed by atoms with Gasteiger partial charge in [-0.1, -0.05) is 29.8 Å². The zero-order valence-electron chi connectivity index (χ0n) is 9.69. The molecule has 1 unspecified atom stereocenters. The quantitative estimate of drug-likeness (QED) is 0.898. The molecule has 2 nitrogen and oxygen atoms in total. The number of nitrogens with one attached hydrogen (secondary N) is 1. The normalized spacial score (nSPS) is 12.6. The summed E-state index contributed by atoms with van der Waals surface area (Å²) in [4.78, 5) is 5.41. The molecule has 0 saturated heterocycles. The monoisotopic (exact) mass is 266 g/mol. The lowest BCUT2D eigenvalue weighted by Crippen LogP contribution is -2.19. The van der Waals surface area contributed by atoms with Crippen LogP contribution < -0.4 is 5.32 Å². The smallest absolute Gasteiger partial charge is 0.0794 e. The summed E-state index contributed by atoms with van der Waals surface area (Å²) < 4.78 is 0. The summed E-state index contributed by atoms with van der Waals surface area (Å²) in [5.74, 6) is 0.397. The molecule has 0 saturated carbocycles. The Morgan fingerprint density at radius 2 is 2.24 bits per heavy atom. The number of hydrogen-bond donors (Lipinski definition) is 1. The van der Waals surface area contributed by atoms with E-state index in [0.29, 0.717) is 5.92 Å². The summed E-state index contributed by atoms with van der Waals surface area (Å²) in [7, 11) is 1.97. The summed E-state index contributed by atoms with van der Waals surface area (Å²) >= 11 is 7.95. The van der Waals surface area contributed by atoms with Crippen molar-refractivity contribution in [3.05, 3.63) is 51.4 Å². The van der Waals surface area contributed by atoms with Gasteiger partial charge in [0.15, 0.2) is 0 Å². The van der Waals surface area contributed by atoms with E-state index in [2.05, 4.69) is 16.4 Å². The first-order valence-corrected chi connectivity index (χ1v) is 6.83. The Morgan fingerprint density at radius 3 is 2.88 bits per heavy atom. The lowest BCUT2D eigenvalue weighted by molar-refractivity contribution is 0.630. The molecule has 4 heteroatoms. The molecule has 0 aliphatic rings. The Labute approximate surface area is 111 Å². The molecule has 2 rings (SSSR count). The summed E-state index contributed by atoms with van der Waals surface area (Å²) in [6.07, 6.45) is 2.92. The first-order chi connectivity index (χ1) is 8.31. The predicted octanol–water partition coefficient (Wildman–Crippen LogP) is 3.34. The molecule has 1 N–H and O–H groups in total. The van der Waals surface area contributed by atoms with Crippen LogP contribution in [0.15, 0.2) is 36.0 Å². The van der Waals surface area contributed by atoms with Gasteiger partial charge in [-0.2, -0.15) is 0 Å². The van der Waals surface area contributed by atoms with Crippen LogP contribution in [-0.4, -0.2) is 18.6 Å². The molecule has 0 spiro atoms. The Kier molecular flexibility index (Phi) is 4.54. The molecule has 1 atom stereocenters. The van der Waals surface area contributed by atoms with Crippen molar-refractivity contribution in [2.75, 3.05) is 13.6 Å². The molecule has 1 aromatic heterocycles. The highest BCUT2D eigenvalue weighted by Crippen LogP contribution is 2.27. The molecule has 0 bridgehead atoms. The lowest BCUT2D eigenvalue weighted by atomic mass is 9.95. The summed E-state index contributed by atoms with van der Waals surface area (Å²) in [5, 5.41) is 4.08. The van der Waals surface area contributed by atoms with Crippen LogP contribution in [0.2, 0.25) is 5.02 Å². The molecule has 90 valence electrons. The van der Waals surface area contributed by atoms with Crippen molar-refractivity contribution in [2.45, 2.75) is 12.3 Å². The Bertz CT molecular complexity index is 456. The minimum absolute atomic E-state index is 0.397. The van der Waals surface area contributed by atoms with E-state index in [9.17, 15) is 0 Å². The van der Waals surface area contributed by atoms with Crippen molar-refractivity contribution >= 4 is 22.9 Å². The summed E-state index contributed by atoms with van der Waals surface area (Å²) in [6, 6.07) is 8.06. The topological polar surface area (TPSA) is 24.9 Å². The van der Waals surface area contributed by atoms with Crippen LogP contribution >= 0.6 is 22.9 Å². The number of benzene rings is 1. The van der Waals surface area contributed by atoms with Gasteiger partial charge < -0.3 is 5.32 Å².